The summed E-state index contributed by atoms with van der Waals surface area (Å²) in [6.07, 6.45) is 6.08. The van der Waals surface area contributed by atoms with Crippen molar-refractivity contribution in [3.05, 3.63) is 47.6 Å². The maximum Gasteiger partial charge on any atom is 0.339 e. The van der Waals surface area contributed by atoms with Crippen LogP contribution in [0.1, 0.15) is 10.4 Å². The van der Waals surface area contributed by atoms with Gasteiger partial charge in [0.2, 0.25) is 0 Å². The van der Waals surface area contributed by atoms with Crippen LogP contribution in [0.15, 0.2) is 37.1 Å². The van der Waals surface area contributed by atoms with Crippen LogP contribution in [0.4, 0.5) is 0 Å². The first-order valence-corrected chi connectivity index (χ1v) is 6.37. The normalized spacial score (nSPS) is 10.8. The maximum atomic E-state index is 11.5. The van der Waals surface area contributed by atoms with Crippen molar-refractivity contribution >= 4 is 28.5 Å². The lowest BCUT2D eigenvalue weighted by atomic mass is 10.1. The summed E-state index contributed by atoms with van der Waals surface area (Å²) in [7, 11) is 1.50. The van der Waals surface area contributed by atoms with Gasteiger partial charge in [-0.15, -0.1) is 0 Å². The fraction of sp³-hybridized carbons (Fsp3) is 0.0714. The van der Waals surface area contributed by atoms with Gasteiger partial charge in [-0.1, -0.05) is 11.6 Å². The van der Waals surface area contributed by atoms with Crippen LogP contribution < -0.4 is 4.74 Å². The molecule has 21 heavy (non-hydrogen) atoms. The van der Waals surface area contributed by atoms with Gasteiger partial charge >= 0.3 is 5.97 Å². The number of nitrogens with zero attached hydrogens (tertiary/aromatic N) is 3. The highest BCUT2D eigenvalue weighted by molar-refractivity contribution is 6.33. The van der Waals surface area contributed by atoms with Crippen LogP contribution in [0.3, 0.4) is 0 Å². The van der Waals surface area contributed by atoms with Crippen molar-refractivity contribution in [1.82, 2.24) is 14.5 Å². The number of aromatic nitrogens is 3. The Morgan fingerprint density at radius 2 is 2.24 bits per heavy atom. The molecule has 0 aliphatic heterocycles. The summed E-state index contributed by atoms with van der Waals surface area (Å²) in [5.74, 6) is -0.614. The van der Waals surface area contributed by atoms with Crippen molar-refractivity contribution in [2.45, 2.75) is 0 Å². The van der Waals surface area contributed by atoms with Crippen molar-refractivity contribution in [1.29, 1.82) is 0 Å². The maximum absolute atomic E-state index is 11.5. The van der Waals surface area contributed by atoms with E-state index < -0.39 is 5.97 Å². The van der Waals surface area contributed by atoms with E-state index in [4.69, 9.17) is 16.3 Å². The molecule has 3 rings (SSSR count). The molecular weight excluding hydrogens is 294 g/mol. The molecule has 1 aromatic carbocycles. The average Bonchev–Trinajstić information content (AvgIpc) is 2.98. The average molecular weight is 304 g/mol. The molecule has 7 heteroatoms. The van der Waals surface area contributed by atoms with E-state index >= 15 is 0 Å². The number of ether oxygens (including phenoxy) is 1. The molecular formula is C14H10ClN3O3. The number of benzene rings is 1. The Kier molecular flexibility index (Phi) is 3.23. The van der Waals surface area contributed by atoms with E-state index in [0.29, 0.717) is 27.4 Å². The molecule has 2 aromatic heterocycles. The van der Waals surface area contributed by atoms with Gasteiger partial charge in [-0.2, -0.15) is 0 Å². The zero-order valence-electron chi connectivity index (χ0n) is 10.9. The Balaban J connectivity index is 2.43. The first-order valence-electron chi connectivity index (χ1n) is 5.99. The van der Waals surface area contributed by atoms with Gasteiger partial charge in [0.25, 0.3) is 0 Å². The lowest BCUT2D eigenvalue weighted by Crippen LogP contribution is -2.06. The summed E-state index contributed by atoms with van der Waals surface area (Å²) in [4.78, 5) is 19.6. The SMILES string of the molecule is COc1cc2c(-n3ccnc3)c(C(=O)O)cnc2cc1Cl. The molecule has 0 fully saturated rings. The molecule has 0 aliphatic carbocycles. The molecule has 0 unspecified atom stereocenters. The molecule has 106 valence electrons. The Bertz CT molecular complexity index is 831. The van der Waals surface area contributed by atoms with Crippen LogP contribution in [0.5, 0.6) is 5.75 Å². The van der Waals surface area contributed by atoms with Crippen LogP contribution in [-0.2, 0) is 0 Å². The van der Waals surface area contributed by atoms with E-state index in [2.05, 4.69) is 9.97 Å². The minimum absolute atomic E-state index is 0.0740. The Labute approximate surface area is 124 Å². The molecule has 2 heterocycles. The monoisotopic (exact) mass is 303 g/mol. The zero-order valence-corrected chi connectivity index (χ0v) is 11.7. The predicted molar refractivity (Wildman–Crippen MR) is 77.4 cm³/mol. The van der Waals surface area contributed by atoms with Crippen molar-refractivity contribution in [3.63, 3.8) is 0 Å². The zero-order chi connectivity index (χ0) is 15.0. The van der Waals surface area contributed by atoms with Crippen LogP contribution in [0, 0.1) is 0 Å². The van der Waals surface area contributed by atoms with Gasteiger partial charge in [-0.05, 0) is 12.1 Å². The van der Waals surface area contributed by atoms with Gasteiger partial charge < -0.3 is 14.4 Å². The second-order valence-electron chi connectivity index (χ2n) is 4.30. The molecule has 0 bridgehead atoms. The van der Waals surface area contributed by atoms with Gasteiger partial charge in [0.1, 0.15) is 11.3 Å². The van der Waals surface area contributed by atoms with Crippen molar-refractivity contribution in [2.75, 3.05) is 7.11 Å². The van der Waals surface area contributed by atoms with E-state index in [1.165, 1.54) is 19.6 Å². The topological polar surface area (TPSA) is 77.2 Å². The quantitative estimate of drug-likeness (QED) is 0.805. The summed E-state index contributed by atoms with van der Waals surface area (Å²) >= 11 is 6.08. The van der Waals surface area contributed by atoms with Crippen LogP contribution in [-0.4, -0.2) is 32.7 Å². The molecule has 0 saturated heterocycles. The van der Waals surface area contributed by atoms with Crippen molar-refractivity contribution < 1.29 is 14.6 Å². The third kappa shape index (κ3) is 2.19. The fourth-order valence-electron chi connectivity index (χ4n) is 2.16. The van der Waals surface area contributed by atoms with Gasteiger partial charge in [0, 0.05) is 24.0 Å². The van der Waals surface area contributed by atoms with E-state index in [0.717, 1.165) is 0 Å². The van der Waals surface area contributed by atoms with Crippen molar-refractivity contribution in [3.8, 4) is 11.4 Å². The minimum Gasteiger partial charge on any atom is -0.495 e. The number of carboxylic acids is 1. The highest BCUT2D eigenvalue weighted by Crippen LogP contribution is 2.33. The number of carbonyl (C=O) groups is 1. The van der Waals surface area contributed by atoms with E-state index in [1.54, 1.807) is 29.1 Å². The number of hydrogen-bond acceptors (Lipinski definition) is 4. The second kappa shape index (κ2) is 5.06. The van der Waals surface area contributed by atoms with Crippen molar-refractivity contribution in [2.24, 2.45) is 0 Å². The van der Waals surface area contributed by atoms with Crippen LogP contribution in [0.2, 0.25) is 5.02 Å². The summed E-state index contributed by atoms with van der Waals surface area (Å²) in [6.45, 7) is 0. The lowest BCUT2D eigenvalue weighted by molar-refractivity contribution is 0.0696. The highest BCUT2D eigenvalue weighted by atomic mass is 35.5. The molecule has 0 aliphatic rings. The number of carboxylic acid groups (broad SMARTS) is 1. The number of aromatic carboxylic acids is 1. The Hall–Kier alpha value is -2.60. The van der Waals surface area contributed by atoms with Gasteiger partial charge in [-0.3, -0.25) is 4.98 Å². The van der Waals surface area contributed by atoms with Gasteiger partial charge in [-0.25, -0.2) is 9.78 Å². The first kappa shape index (κ1) is 13.4. The molecule has 3 aromatic rings. The molecule has 0 spiro atoms. The number of pyridine rings is 1. The first-order chi connectivity index (χ1) is 10.1. The Morgan fingerprint density at radius 3 is 2.86 bits per heavy atom. The molecule has 0 saturated carbocycles. The van der Waals surface area contributed by atoms with E-state index in [-0.39, 0.29) is 5.56 Å². The number of fused-ring (bicyclic) bond motifs is 1. The fourth-order valence-corrected chi connectivity index (χ4v) is 2.40. The largest absolute Gasteiger partial charge is 0.495 e. The summed E-state index contributed by atoms with van der Waals surface area (Å²) in [6, 6.07) is 3.31. The number of imidazole rings is 1. The molecule has 6 nitrogen and oxygen atoms in total. The summed E-state index contributed by atoms with van der Waals surface area (Å²) < 4.78 is 6.82. The van der Waals surface area contributed by atoms with E-state index in [9.17, 15) is 9.90 Å². The summed E-state index contributed by atoms with van der Waals surface area (Å²) in [5.41, 5.74) is 1.12. The number of rotatable bonds is 3. The standard InChI is InChI=1S/C14H10ClN3O3/c1-21-12-4-8-11(5-10(12)15)17-6-9(14(19)20)13(8)18-3-2-16-7-18/h2-7H,1H3,(H,19,20). The molecule has 0 amide bonds. The second-order valence-corrected chi connectivity index (χ2v) is 4.71. The van der Waals surface area contributed by atoms with E-state index in [1.807, 2.05) is 0 Å². The van der Waals surface area contributed by atoms with Crippen LogP contribution in [0.25, 0.3) is 16.6 Å². The third-order valence-corrected chi connectivity index (χ3v) is 3.40. The van der Waals surface area contributed by atoms with Gasteiger partial charge in [0.15, 0.2) is 0 Å². The lowest BCUT2D eigenvalue weighted by Gasteiger charge is -2.12. The highest BCUT2D eigenvalue weighted by Gasteiger charge is 2.17. The smallest absolute Gasteiger partial charge is 0.339 e. The molecule has 0 atom stereocenters. The number of methoxy groups -OCH3 is 1. The summed E-state index contributed by atoms with van der Waals surface area (Å²) in [5, 5.41) is 10.4. The third-order valence-electron chi connectivity index (χ3n) is 3.11. The Morgan fingerprint density at radius 1 is 1.43 bits per heavy atom. The number of hydrogen-bond donors (Lipinski definition) is 1. The number of halogens is 1. The van der Waals surface area contributed by atoms with Gasteiger partial charge in [0.05, 0.1) is 29.7 Å². The molecule has 0 radical (unpaired) electrons. The molecule has 1 N–H and O–H groups in total. The van der Waals surface area contributed by atoms with Crippen LogP contribution >= 0.6 is 11.6 Å². The minimum atomic E-state index is -1.07. The predicted octanol–water partition coefficient (Wildman–Crippen LogP) is 2.78.